The molecule has 0 bridgehead atoms. The van der Waals surface area contributed by atoms with Crippen molar-refractivity contribution in [1.29, 1.82) is 0 Å². The lowest BCUT2D eigenvalue weighted by atomic mass is 9.80. The quantitative estimate of drug-likeness (QED) is 0.885. The van der Waals surface area contributed by atoms with Crippen molar-refractivity contribution in [2.45, 2.75) is 59.4 Å². The van der Waals surface area contributed by atoms with Gasteiger partial charge in [-0.15, -0.1) is 0 Å². The number of hydrogen-bond acceptors (Lipinski definition) is 2. The van der Waals surface area contributed by atoms with Crippen molar-refractivity contribution in [2.75, 3.05) is 5.32 Å². The predicted molar refractivity (Wildman–Crippen MR) is 84.0 cm³/mol. The van der Waals surface area contributed by atoms with E-state index in [1.807, 2.05) is 13.8 Å². The normalized spacial score (nSPS) is 19.4. The van der Waals surface area contributed by atoms with Crippen LogP contribution in [0.15, 0.2) is 6.07 Å². The van der Waals surface area contributed by atoms with E-state index >= 15 is 0 Å². The molecule has 0 spiro atoms. The first-order valence-electron chi connectivity index (χ1n) is 7.43. The summed E-state index contributed by atoms with van der Waals surface area (Å²) in [6.07, 6.45) is 1.05. The lowest BCUT2D eigenvalue weighted by Crippen LogP contribution is -2.27. The fourth-order valence-corrected chi connectivity index (χ4v) is 2.89. The number of nitrogens with one attached hydrogen (secondary N) is 1. The molecule has 3 nitrogen and oxygen atoms in total. The zero-order chi connectivity index (χ0) is 15.2. The minimum absolute atomic E-state index is 0.0236. The van der Waals surface area contributed by atoms with Crippen LogP contribution in [-0.2, 0) is 10.2 Å². The number of carbonyl (C=O) groups is 1. The molecule has 0 saturated heterocycles. The molecular formula is C17H26N2O. The van der Waals surface area contributed by atoms with Gasteiger partial charge in [0.05, 0.1) is 5.41 Å². The molecule has 3 N–H and O–H groups in total. The second-order valence-corrected chi connectivity index (χ2v) is 6.63. The van der Waals surface area contributed by atoms with Gasteiger partial charge in [0, 0.05) is 11.7 Å². The zero-order valence-electron chi connectivity index (χ0n) is 13.4. The lowest BCUT2D eigenvalue weighted by molar-refractivity contribution is -0.119. The molecule has 2 unspecified atom stereocenters. The fourth-order valence-electron chi connectivity index (χ4n) is 2.89. The summed E-state index contributed by atoms with van der Waals surface area (Å²) >= 11 is 0. The molecule has 2 rings (SSSR count). The molecule has 0 aliphatic carbocycles. The van der Waals surface area contributed by atoms with Gasteiger partial charge in [-0.3, -0.25) is 4.79 Å². The first-order chi connectivity index (χ1) is 9.21. The summed E-state index contributed by atoms with van der Waals surface area (Å²) in [4.78, 5) is 12.1. The van der Waals surface area contributed by atoms with Crippen molar-refractivity contribution in [3.05, 3.63) is 28.3 Å². The molecule has 2 atom stereocenters. The van der Waals surface area contributed by atoms with Gasteiger partial charge in [0.1, 0.15) is 0 Å². The Bertz CT molecular complexity index is 561. The van der Waals surface area contributed by atoms with Gasteiger partial charge in [-0.1, -0.05) is 26.3 Å². The highest BCUT2D eigenvalue weighted by Crippen LogP contribution is 2.43. The maximum atomic E-state index is 12.1. The molecule has 1 aromatic rings. The number of fused-ring (bicyclic) bond motifs is 1. The number of nitrogens with two attached hydrogens (primary N) is 1. The number of benzene rings is 1. The molecule has 20 heavy (non-hydrogen) atoms. The summed E-state index contributed by atoms with van der Waals surface area (Å²) in [7, 11) is 0. The second-order valence-electron chi connectivity index (χ2n) is 6.63. The molecule has 0 aromatic heterocycles. The number of hydrogen-bond donors (Lipinski definition) is 2. The summed E-state index contributed by atoms with van der Waals surface area (Å²) in [5, 5.41) is 3.03. The third kappa shape index (κ3) is 2.05. The lowest BCUT2D eigenvalue weighted by Gasteiger charge is -2.25. The standard InChI is InChI=1S/C17H26N2O/c1-7-9(2)14(18)12-8-13-15(11(4)10(12)3)19-16(20)17(13,5)6/h8-9,14H,7,18H2,1-6H3,(H,19,20). The van der Waals surface area contributed by atoms with E-state index < -0.39 is 5.41 Å². The van der Waals surface area contributed by atoms with E-state index in [2.05, 4.69) is 39.1 Å². The van der Waals surface area contributed by atoms with Gasteiger partial charge in [0.15, 0.2) is 0 Å². The number of rotatable bonds is 3. The number of anilines is 1. The van der Waals surface area contributed by atoms with Crippen molar-refractivity contribution in [2.24, 2.45) is 11.7 Å². The van der Waals surface area contributed by atoms with Crippen LogP contribution in [0.4, 0.5) is 5.69 Å². The topological polar surface area (TPSA) is 55.1 Å². The van der Waals surface area contributed by atoms with Gasteiger partial charge >= 0.3 is 0 Å². The maximum Gasteiger partial charge on any atom is 0.234 e. The van der Waals surface area contributed by atoms with Gasteiger partial charge in [0.25, 0.3) is 0 Å². The van der Waals surface area contributed by atoms with Gasteiger partial charge < -0.3 is 11.1 Å². The number of amides is 1. The first kappa shape index (κ1) is 15.0. The average Bonchev–Trinajstić information content (AvgIpc) is 2.63. The molecule has 0 saturated carbocycles. The average molecular weight is 274 g/mol. The molecule has 3 heteroatoms. The summed E-state index contributed by atoms with van der Waals surface area (Å²) in [6.45, 7) is 12.5. The van der Waals surface area contributed by atoms with Crippen molar-refractivity contribution in [3.8, 4) is 0 Å². The highest BCUT2D eigenvalue weighted by atomic mass is 16.2. The molecule has 1 heterocycles. The van der Waals surface area contributed by atoms with Gasteiger partial charge in [-0.05, 0) is 55.9 Å². The Kier molecular flexibility index (Phi) is 3.67. The van der Waals surface area contributed by atoms with Gasteiger partial charge in [-0.25, -0.2) is 0 Å². The molecule has 1 aliphatic rings. The van der Waals surface area contributed by atoms with E-state index in [4.69, 9.17) is 5.73 Å². The Hall–Kier alpha value is -1.35. The molecule has 1 amide bonds. The Morgan fingerprint density at radius 2 is 1.90 bits per heavy atom. The third-order valence-corrected chi connectivity index (χ3v) is 5.04. The predicted octanol–water partition coefficient (Wildman–Crippen LogP) is 3.58. The maximum absolute atomic E-state index is 12.1. The molecular weight excluding hydrogens is 248 g/mol. The zero-order valence-corrected chi connectivity index (χ0v) is 13.4. The smallest absolute Gasteiger partial charge is 0.234 e. The SMILES string of the molecule is CCC(C)C(N)c1cc2c(c(C)c1C)NC(=O)C2(C)C. The molecule has 1 aromatic carbocycles. The minimum atomic E-state index is -0.474. The van der Waals surface area contributed by atoms with E-state index in [0.29, 0.717) is 5.92 Å². The summed E-state index contributed by atoms with van der Waals surface area (Å²) in [5.74, 6) is 0.503. The van der Waals surface area contributed by atoms with Crippen LogP contribution >= 0.6 is 0 Å². The van der Waals surface area contributed by atoms with Crippen LogP contribution in [0, 0.1) is 19.8 Å². The van der Waals surface area contributed by atoms with E-state index in [-0.39, 0.29) is 11.9 Å². The van der Waals surface area contributed by atoms with Crippen LogP contribution in [0.1, 0.15) is 62.4 Å². The van der Waals surface area contributed by atoms with E-state index in [1.165, 1.54) is 11.1 Å². The number of carbonyl (C=O) groups excluding carboxylic acids is 1. The van der Waals surface area contributed by atoms with E-state index in [9.17, 15) is 4.79 Å². The van der Waals surface area contributed by atoms with E-state index in [0.717, 1.165) is 23.2 Å². The van der Waals surface area contributed by atoms with Crippen LogP contribution in [0.5, 0.6) is 0 Å². The Morgan fingerprint density at radius 1 is 1.30 bits per heavy atom. The summed E-state index contributed by atoms with van der Waals surface area (Å²) in [6, 6.07) is 2.17. The highest BCUT2D eigenvalue weighted by Gasteiger charge is 2.40. The molecule has 110 valence electrons. The fraction of sp³-hybridized carbons (Fsp3) is 0.588. The largest absolute Gasteiger partial charge is 0.325 e. The van der Waals surface area contributed by atoms with Crippen molar-refractivity contribution >= 4 is 11.6 Å². The van der Waals surface area contributed by atoms with Crippen molar-refractivity contribution in [3.63, 3.8) is 0 Å². The molecule has 0 fully saturated rings. The summed E-state index contributed by atoms with van der Waals surface area (Å²) in [5.41, 5.74) is 11.6. The van der Waals surface area contributed by atoms with Crippen molar-refractivity contribution in [1.82, 2.24) is 0 Å². The second kappa shape index (κ2) is 4.88. The summed E-state index contributed by atoms with van der Waals surface area (Å²) < 4.78 is 0. The first-order valence-corrected chi connectivity index (χ1v) is 7.43. The van der Waals surface area contributed by atoms with Crippen LogP contribution in [0.2, 0.25) is 0 Å². The van der Waals surface area contributed by atoms with Crippen LogP contribution in [0.25, 0.3) is 0 Å². The Morgan fingerprint density at radius 3 is 2.45 bits per heavy atom. The van der Waals surface area contributed by atoms with Gasteiger partial charge in [-0.2, -0.15) is 0 Å². The molecule has 1 aliphatic heterocycles. The van der Waals surface area contributed by atoms with Crippen LogP contribution in [-0.4, -0.2) is 5.91 Å². The van der Waals surface area contributed by atoms with Crippen LogP contribution < -0.4 is 11.1 Å². The van der Waals surface area contributed by atoms with Crippen molar-refractivity contribution < 1.29 is 4.79 Å². The molecule has 0 radical (unpaired) electrons. The minimum Gasteiger partial charge on any atom is -0.325 e. The highest BCUT2D eigenvalue weighted by molar-refractivity contribution is 6.06. The Balaban J connectivity index is 2.62. The van der Waals surface area contributed by atoms with Crippen LogP contribution in [0.3, 0.4) is 0 Å². The monoisotopic (exact) mass is 274 g/mol. The third-order valence-electron chi connectivity index (χ3n) is 5.04. The van der Waals surface area contributed by atoms with Gasteiger partial charge in [0.2, 0.25) is 5.91 Å². The Labute approximate surface area is 121 Å². The van der Waals surface area contributed by atoms with E-state index in [1.54, 1.807) is 0 Å².